The van der Waals surface area contributed by atoms with Gasteiger partial charge in [0.15, 0.2) is 20.0 Å². The molecular formula is C29H36AuF6N3O4S2. The zero-order valence-corrected chi connectivity index (χ0v) is 29.6. The van der Waals surface area contributed by atoms with Crippen LogP contribution in [0, 0.1) is 6.67 Å². The Balaban J connectivity index is 0.000000541. The summed E-state index contributed by atoms with van der Waals surface area (Å²) in [5, 5.41) is 0. The molecule has 0 aliphatic carbocycles. The van der Waals surface area contributed by atoms with Gasteiger partial charge in [-0.2, -0.15) is 26.3 Å². The van der Waals surface area contributed by atoms with Crippen molar-refractivity contribution in [3.63, 3.8) is 0 Å². The van der Waals surface area contributed by atoms with Gasteiger partial charge in [-0.1, -0.05) is 91.8 Å². The van der Waals surface area contributed by atoms with E-state index in [1.165, 1.54) is 33.6 Å². The van der Waals surface area contributed by atoms with E-state index < -0.39 is 31.1 Å². The Hall–Kier alpha value is -2.04. The van der Waals surface area contributed by atoms with Gasteiger partial charge in [-0.15, -0.1) is 0 Å². The zero-order chi connectivity index (χ0) is 34.0. The Morgan fingerprint density at radius 1 is 0.578 bits per heavy atom. The van der Waals surface area contributed by atoms with Crippen molar-refractivity contribution in [2.24, 2.45) is 0 Å². The number of halogens is 6. The molecule has 45 heavy (non-hydrogen) atoms. The predicted molar refractivity (Wildman–Crippen MR) is 160 cm³/mol. The number of para-hydroxylation sites is 2. The van der Waals surface area contributed by atoms with Crippen LogP contribution in [0.1, 0.15) is 101 Å². The second kappa shape index (κ2) is 15.2. The van der Waals surface area contributed by atoms with Crippen LogP contribution in [-0.4, -0.2) is 27.9 Å². The average molecular weight is 866 g/mol. The van der Waals surface area contributed by atoms with Gasteiger partial charge < -0.3 is 13.9 Å². The number of nitrogens with zero attached hydrogens (tertiary/aromatic N) is 3. The first-order valence-electron chi connectivity index (χ1n) is 13.6. The molecule has 2 aromatic rings. The first kappa shape index (κ1) is 41.0. The molecule has 0 bridgehead atoms. The molecule has 0 aromatic heterocycles. The summed E-state index contributed by atoms with van der Waals surface area (Å²) in [6, 6.07) is 13.4. The molecule has 2 aromatic carbocycles. The van der Waals surface area contributed by atoms with Crippen molar-refractivity contribution in [3.8, 4) is 0 Å². The van der Waals surface area contributed by atoms with E-state index in [-0.39, 0.29) is 22.4 Å². The third kappa shape index (κ3) is 9.74. The Morgan fingerprint density at radius 3 is 1.02 bits per heavy atom. The van der Waals surface area contributed by atoms with Crippen LogP contribution in [0.2, 0.25) is 0 Å². The summed E-state index contributed by atoms with van der Waals surface area (Å²) in [4.78, 5) is 4.40. The Kier molecular flexibility index (Phi) is 13.9. The summed E-state index contributed by atoms with van der Waals surface area (Å²) < 4.78 is 109. The number of hydrogen-bond acceptors (Lipinski definition) is 6. The molecule has 0 saturated carbocycles. The first-order chi connectivity index (χ1) is 19.9. The molecule has 0 spiro atoms. The topological polar surface area (TPSA) is 88.9 Å². The van der Waals surface area contributed by atoms with Gasteiger partial charge in [-0.3, -0.25) is 0 Å². The molecule has 2 radical (unpaired) electrons. The Bertz CT molecular complexity index is 1390. The molecule has 256 valence electrons. The smallest absolute Gasteiger partial charge is 0.421 e. The van der Waals surface area contributed by atoms with Crippen molar-refractivity contribution in [2.45, 2.75) is 90.1 Å². The molecule has 0 saturated heterocycles. The number of hydrogen-bond donors (Lipinski definition) is 0. The number of sulfonamides is 2. The molecule has 0 unspecified atom stereocenters. The summed E-state index contributed by atoms with van der Waals surface area (Å²) in [6.07, 6.45) is 4.32. The van der Waals surface area contributed by atoms with E-state index in [0.29, 0.717) is 23.7 Å². The second-order valence-corrected chi connectivity index (χ2v) is 14.7. The monoisotopic (exact) mass is 865 g/mol. The van der Waals surface area contributed by atoms with Gasteiger partial charge in [0.25, 0.3) is 0 Å². The quantitative estimate of drug-likeness (QED) is 0.195. The van der Waals surface area contributed by atoms with E-state index in [2.05, 4.69) is 121 Å². The summed E-state index contributed by atoms with van der Waals surface area (Å²) >= 11 is 0. The Morgan fingerprint density at radius 2 is 0.822 bits per heavy atom. The van der Waals surface area contributed by atoms with Crippen molar-refractivity contribution in [2.75, 3.05) is 9.80 Å². The predicted octanol–water partition coefficient (Wildman–Crippen LogP) is 9.03. The fourth-order valence-electron chi connectivity index (χ4n) is 4.36. The Labute approximate surface area is 277 Å². The maximum Gasteiger partial charge on any atom is 1.00 e. The standard InChI is InChI=1S/C27H36N2.C2F6NO4S2.Au/c1-18(2)22-11-9-12-23(19(3)4)26(22)28-15-16-29(17-28)27-24(20(5)6)13-10-14-25(27)21(7)8;3-1(4,5)14(10,11)9-15(12,13)2(6,7)8;/h9-16,18-21H,1-8H3;;/q;-1;+1. The minimum Gasteiger partial charge on any atom is -0.421 e. The number of benzene rings is 2. The van der Waals surface area contributed by atoms with E-state index >= 15 is 0 Å². The minimum absolute atomic E-state index is 0. The molecule has 0 atom stereocenters. The summed E-state index contributed by atoms with van der Waals surface area (Å²) in [5.74, 6) is 1.84. The van der Waals surface area contributed by atoms with Gasteiger partial charge >= 0.3 is 33.4 Å². The van der Waals surface area contributed by atoms with Crippen LogP contribution in [0.3, 0.4) is 0 Å². The maximum atomic E-state index is 11.4. The number of rotatable bonds is 8. The summed E-state index contributed by atoms with van der Waals surface area (Å²) in [6.45, 7) is 21.8. The fourth-order valence-corrected chi connectivity index (χ4v) is 6.07. The van der Waals surface area contributed by atoms with Gasteiger partial charge in [-0.05, 0) is 45.9 Å². The molecule has 3 rings (SSSR count). The van der Waals surface area contributed by atoms with E-state index in [9.17, 15) is 43.2 Å². The first-order valence-corrected chi connectivity index (χ1v) is 16.5. The van der Waals surface area contributed by atoms with E-state index in [0.717, 1.165) is 4.13 Å². The van der Waals surface area contributed by atoms with Crippen molar-refractivity contribution >= 4 is 31.4 Å². The van der Waals surface area contributed by atoms with E-state index in [1.54, 1.807) is 0 Å². The van der Waals surface area contributed by atoms with Crippen LogP contribution in [0.25, 0.3) is 4.13 Å². The number of anilines is 2. The van der Waals surface area contributed by atoms with E-state index in [1.807, 2.05) is 0 Å². The molecule has 0 N–H and O–H groups in total. The molecule has 1 aliphatic heterocycles. The van der Waals surface area contributed by atoms with Crippen LogP contribution < -0.4 is 9.80 Å². The molecule has 1 aliphatic rings. The molecule has 1 heterocycles. The maximum absolute atomic E-state index is 11.4. The second-order valence-electron chi connectivity index (χ2n) is 11.2. The van der Waals surface area contributed by atoms with Gasteiger partial charge in [0.1, 0.15) is 0 Å². The molecule has 0 amide bonds. The minimum atomic E-state index is -6.72. The molecule has 16 heteroatoms. The zero-order valence-electron chi connectivity index (χ0n) is 25.8. The van der Waals surface area contributed by atoms with Gasteiger partial charge in [0, 0.05) is 12.4 Å². The normalized spacial score (nSPS) is 14.4. The average Bonchev–Trinajstić information content (AvgIpc) is 3.35. The molecular weight excluding hydrogens is 829 g/mol. The molecule has 7 nitrogen and oxygen atoms in total. The fraction of sp³-hybridized carbons (Fsp3) is 0.483. The third-order valence-electron chi connectivity index (χ3n) is 6.53. The van der Waals surface area contributed by atoms with Crippen LogP contribution in [-0.2, 0) is 42.4 Å². The van der Waals surface area contributed by atoms with Crippen molar-refractivity contribution in [3.05, 3.63) is 81.8 Å². The van der Waals surface area contributed by atoms with Crippen molar-refractivity contribution in [1.82, 2.24) is 0 Å². The van der Waals surface area contributed by atoms with Crippen LogP contribution in [0.5, 0.6) is 0 Å². The van der Waals surface area contributed by atoms with E-state index in [4.69, 9.17) is 0 Å². The van der Waals surface area contributed by atoms with Gasteiger partial charge in [0.2, 0.25) is 6.67 Å². The SMILES string of the molecule is CC(C)c1cccc(C(C)C)c1N1[C]N(c2c(C(C)C)cccc2C(C)C)C=C1.O=S(=O)([N-]S(=O)(=O)C(F)(F)F)C(F)(F)F.[Au+]. The summed E-state index contributed by atoms with van der Waals surface area (Å²) in [5.41, 5.74) is -4.36. The van der Waals surface area contributed by atoms with Crippen molar-refractivity contribution < 1.29 is 65.6 Å². The third-order valence-corrected chi connectivity index (χ3v) is 9.27. The largest absolute Gasteiger partial charge is 1.00 e. The molecule has 0 fully saturated rings. The van der Waals surface area contributed by atoms with Crippen LogP contribution in [0.15, 0.2) is 48.8 Å². The van der Waals surface area contributed by atoms with Gasteiger partial charge in [0.05, 0.1) is 11.4 Å². The summed E-state index contributed by atoms with van der Waals surface area (Å²) in [7, 11) is -13.4. The number of alkyl halides is 6. The van der Waals surface area contributed by atoms with Crippen LogP contribution >= 0.6 is 0 Å². The van der Waals surface area contributed by atoms with Crippen molar-refractivity contribution in [1.29, 1.82) is 0 Å². The van der Waals surface area contributed by atoms with Crippen LogP contribution in [0.4, 0.5) is 37.7 Å². The van der Waals surface area contributed by atoms with Gasteiger partial charge in [-0.25, -0.2) is 16.8 Å².